The van der Waals surface area contributed by atoms with E-state index in [0.717, 1.165) is 10.6 Å². The van der Waals surface area contributed by atoms with Gasteiger partial charge in [-0.05, 0) is 27.4 Å². The number of oxazole rings is 1. The number of nitrogens with zero attached hydrogens (tertiary/aromatic N) is 3. The first-order valence-electron chi connectivity index (χ1n) is 6.09. The zero-order chi connectivity index (χ0) is 14.8. The van der Waals surface area contributed by atoms with E-state index in [-0.39, 0.29) is 5.56 Å². The molecule has 3 aromatic rings. The molecule has 6 nitrogen and oxygen atoms in total. The predicted octanol–water partition coefficient (Wildman–Crippen LogP) is 2.87. The van der Waals surface area contributed by atoms with Crippen LogP contribution in [0.15, 0.2) is 43.7 Å². The molecular weight excluding hydrogens is 356 g/mol. The molecule has 3 rings (SSSR count). The lowest BCUT2D eigenvalue weighted by Crippen LogP contribution is -2.21. The van der Waals surface area contributed by atoms with Gasteiger partial charge < -0.3 is 9.73 Å². The molecule has 108 valence electrons. The fraction of sp³-hybridized carbons (Fsp3) is 0.154. The number of aromatic nitrogens is 3. The third kappa shape index (κ3) is 2.91. The summed E-state index contributed by atoms with van der Waals surface area (Å²) >= 11 is 4.83. The largest absolute Gasteiger partial charge is 0.443 e. The Hall–Kier alpha value is -1.93. The second-order valence-electron chi connectivity index (χ2n) is 4.28. The molecule has 0 spiro atoms. The van der Waals surface area contributed by atoms with Crippen LogP contribution in [0.4, 0.5) is 5.69 Å². The Kier molecular flexibility index (Phi) is 3.89. The molecule has 0 aliphatic carbocycles. The normalized spacial score (nSPS) is 10.8. The Labute approximate surface area is 132 Å². The van der Waals surface area contributed by atoms with Gasteiger partial charge in [-0.25, -0.2) is 9.67 Å². The van der Waals surface area contributed by atoms with Gasteiger partial charge in [-0.3, -0.25) is 4.79 Å². The van der Waals surface area contributed by atoms with Crippen LogP contribution < -0.4 is 10.9 Å². The minimum atomic E-state index is -0.195. The van der Waals surface area contributed by atoms with Gasteiger partial charge in [0, 0.05) is 7.05 Å². The van der Waals surface area contributed by atoms with Gasteiger partial charge in [0.1, 0.15) is 10.7 Å². The predicted molar refractivity (Wildman–Crippen MR) is 84.3 cm³/mol. The molecule has 8 heteroatoms. The number of nitrogens with one attached hydrogen (secondary N) is 1. The Morgan fingerprint density at radius 3 is 3.14 bits per heavy atom. The molecule has 3 aromatic heterocycles. The summed E-state index contributed by atoms with van der Waals surface area (Å²) in [5.74, 6) is 0.600. The van der Waals surface area contributed by atoms with Gasteiger partial charge in [-0.2, -0.15) is 5.10 Å². The summed E-state index contributed by atoms with van der Waals surface area (Å²) in [4.78, 5) is 17.1. The van der Waals surface area contributed by atoms with Crippen LogP contribution in [0.3, 0.4) is 0 Å². The Balaban J connectivity index is 1.74. The fourth-order valence-electron chi connectivity index (χ4n) is 1.72. The molecule has 1 N–H and O–H groups in total. The van der Waals surface area contributed by atoms with Gasteiger partial charge in [0.15, 0.2) is 0 Å². The van der Waals surface area contributed by atoms with Gasteiger partial charge in [0.25, 0.3) is 5.56 Å². The number of thiophene rings is 1. The molecule has 0 atom stereocenters. The highest BCUT2D eigenvalue weighted by atomic mass is 79.9. The minimum absolute atomic E-state index is 0.195. The average Bonchev–Trinajstić information content (AvgIpc) is 3.14. The molecule has 0 unspecified atom stereocenters. The summed E-state index contributed by atoms with van der Waals surface area (Å²) < 4.78 is 7.15. The van der Waals surface area contributed by atoms with Crippen molar-refractivity contribution in [3.05, 3.63) is 50.5 Å². The van der Waals surface area contributed by atoms with Crippen LogP contribution >= 0.6 is 27.3 Å². The van der Waals surface area contributed by atoms with Crippen LogP contribution in [0.25, 0.3) is 10.8 Å². The third-order valence-corrected chi connectivity index (χ3v) is 4.45. The molecule has 21 heavy (non-hydrogen) atoms. The quantitative estimate of drug-likeness (QED) is 0.768. The van der Waals surface area contributed by atoms with Crippen molar-refractivity contribution < 1.29 is 4.42 Å². The standard InChI is InChI=1S/C13H11BrN4O2S/c1-18-13(19)11(14)9(6-16-18)15-5-8-7-20-12(17-8)10-3-2-4-21-10/h2-4,6-7,15H,5H2,1H3. The molecule has 0 saturated heterocycles. The van der Waals surface area contributed by atoms with Gasteiger partial charge in [-0.1, -0.05) is 6.07 Å². The van der Waals surface area contributed by atoms with E-state index in [1.165, 1.54) is 4.68 Å². The first-order chi connectivity index (χ1) is 10.1. The summed E-state index contributed by atoms with van der Waals surface area (Å²) in [6.45, 7) is 0.447. The maximum absolute atomic E-state index is 11.7. The Morgan fingerprint density at radius 1 is 1.52 bits per heavy atom. The van der Waals surface area contributed by atoms with Crippen molar-refractivity contribution in [2.24, 2.45) is 7.05 Å². The maximum Gasteiger partial charge on any atom is 0.282 e. The van der Waals surface area contributed by atoms with Crippen molar-refractivity contribution >= 4 is 33.0 Å². The first-order valence-corrected chi connectivity index (χ1v) is 7.76. The second kappa shape index (κ2) is 5.82. The van der Waals surface area contributed by atoms with Crippen LogP contribution in [0.1, 0.15) is 5.69 Å². The minimum Gasteiger partial charge on any atom is -0.443 e. The van der Waals surface area contributed by atoms with E-state index in [2.05, 4.69) is 31.3 Å². The van der Waals surface area contributed by atoms with Gasteiger partial charge >= 0.3 is 0 Å². The zero-order valence-corrected chi connectivity index (χ0v) is 13.4. The van der Waals surface area contributed by atoms with Gasteiger partial charge in [0.2, 0.25) is 5.89 Å². The number of anilines is 1. The zero-order valence-electron chi connectivity index (χ0n) is 11.0. The van der Waals surface area contributed by atoms with Gasteiger partial charge in [-0.15, -0.1) is 11.3 Å². The Bertz CT molecular complexity index is 810. The van der Waals surface area contributed by atoms with E-state index in [0.29, 0.717) is 22.6 Å². The molecular formula is C13H11BrN4O2S. The smallest absolute Gasteiger partial charge is 0.282 e. The SMILES string of the molecule is Cn1ncc(NCc2coc(-c3cccs3)n2)c(Br)c1=O. The second-order valence-corrected chi connectivity index (χ2v) is 6.02. The lowest BCUT2D eigenvalue weighted by molar-refractivity contribution is 0.574. The topological polar surface area (TPSA) is 73.0 Å². The summed E-state index contributed by atoms with van der Waals surface area (Å²) in [5.41, 5.74) is 1.18. The number of hydrogen-bond donors (Lipinski definition) is 1. The molecule has 0 fully saturated rings. The van der Waals surface area contributed by atoms with Crippen LogP contribution in [0, 0.1) is 0 Å². The number of hydrogen-bond acceptors (Lipinski definition) is 6. The third-order valence-electron chi connectivity index (χ3n) is 2.82. The Morgan fingerprint density at radius 2 is 2.38 bits per heavy atom. The van der Waals surface area contributed by atoms with E-state index >= 15 is 0 Å². The summed E-state index contributed by atoms with van der Waals surface area (Å²) in [5, 5.41) is 9.05. The first kappa shape index (κ1) is 14.0. The highest BCUT2D eigenvalue weighted by molar-refractivity contribution is 9.10. The lowest BCUT2D eigenvalue weighted by Gasteiger charge is -2.06. The van der Waals surface area contributed by atoms with Crippen LogP contribution in [-0.4, -0.2) is 14.8 Å². The molecule has 0 radical (unpaired) electrons. The van der Waals surface area contributed by atoms with Crippen molar-refractivity contribution in [1.29, 1.82) is 0 Å². The van der Waals surface area contributed by atoms with Crippen LogP contribution in [0.5, 0.6) is 0 Å². The van der Waals surface area contributed by atoms with Crippen LogP contribution in [-0.2, 0) is 13.6 Å². The van der Waals surface area contributed by atoms with E-state index in [9.17, 15) is 4.79 Å². The monoisotopic (exact) mass is 366 g/mol. The molecule has 0 aromatic carbocycles. The van der Waals surface area contributed by atoms with Crippen molar-refractivity contribution in [2.75, 3.05) is 5.32 Å². The van der Waals surface area contributed by atoms with Crippen molar-refractivity contribution in [1.82, 2.24) is 14.8 Å². The molecule has 0 bridgehead atoms. The van der Waals surface area contributed by atoms with Crippen LogP contribution in [0.2, 0.25) is 0 Å². The molecule has 0 amide bonds. The molecule has 0 saturated carbocycles. The van der Waals surface area contributed by atoms with E-state index < -0.39 is 0 Å². The molecule has 0 aliphatic rings. The fourth-order valence-corrected chi connectivity index (χ4v) is 2.88. The maximum atomic E-state index is 11.7. The van der Waals surface area contributed by atoms with E-state index in [1.54, 1.807) is 30.8 Å². The summed E-state index contributed by atoms with van der Waals surface area (Å²) in [7, 11) is 1.60. The van der Waals surface area contributed by atoms with E-state index in [1.807, 2.05) is 17.5 Å². The number of rotatable bonds is 4. The summed E-state index contributed by atoms with van der Waals surface area (Å²) in [6, 6.07) is 3.90. The van der Waals surface area contributed by atoms with Crippen molar-refractivity contribution in [3.8, 4) is 10.8 Å². The van der Waals surface area contributed by atoms with Crippen molar-refractivity contribution in [2.45, 2.75) is 6.54 Å². The van der Waals surface area contributed by atoms with Crippen molar-refractivity contribution in [3.63, 3.8) is 0 Å². The average molecular weight is 367 g/mol. The lowest BCUT2D eigenvalue weighted by atomic mass is 10.4. The highest BCUT2D eigenvalue weighted by Gasteiger charge is 2.10. The number of aryl methyl sites for hydroxylation is 1. The molecule has 3 heterocycles. The van der Waals surface area contributed by atoms with Gasteiger partial charge in [0.05, 0.1) is 29.0 Å². The highest BCUT2D eigenvalue weighted by Crippen LogP contribution is 2.24. The molecule has 0 aliphatic heterocycles. The van der Waals surface area contributed by atoms with E-state index in [4.69, 9.17) is 4.42 Å². The summed E-state index contributed by atoms with van der Waals surface area (Å²) in [6.07, 6.45) is 3.19. The number of halogens is 1.